The third kappa shape index (κ3) is 3.64. The number of rotatable bonds is 4. The van der Waals surface area contributed by atoms with Gasteiger partial charge < -0.3 is 0 Å². The Kier molecular flexibility index (Phi) is 4.71. The number of hydrogen-bond acceptors (Lipinski definition) is 3. The maximum atomic E-state index is 12.8. The molecular weight excluding hydrogens is 288 g/mol. The molecule has 2 rings (SSSR count). The molecule has 0 aliphatic heterocycles. The van der Waals surface area contributed by atoms with Crippen LogP contribution in [0.15, 0.2) is 36.5 Å². The number of benzene rings is 1. The fourth-order valence-corrected chi connectivity index (χ4v) is 2.07. The molecule has 0 saturated carbocycles. The van der Waals surface area contributed by atoms with E-state index in [0.29, 0.717) is 22.2 Å². The molecule has 1 aromatic carbocycles. The van der Waals surface area contributed by atoms with Crippen molar-refractivity contribution in [3.8, 4) is 0 Å². The van der Waals surface area contributed by atoms with Crippen LogP contribution in [0.3, 0.4) is 0 Å². The predicted octanol–water partition coefficient (Wildman–Crippen LogP) is 3.27. The van der Waals surface area contributed by atoms with Crippen LogP contribution in [0.25, 0.3) is 0 Å². The topological polar surface area (TPSA) is 50.9 Å². The lowest BCUT2D eigenvalue weighted by Crippen LogP contribution is -2.30. The lowest BCUT2D eigenvalue weighted by Gasteiger charge is -2.15. The Bertz CT molecular complexity index is 560. The largest absolute Gasteiger partial charge is 0.271 e. The molecular formula is C13H12Cl2FN3. The second kappa shape index (κ2) is 6.30. The molecule has 0 aliphatic carbocycles. The summed E-state index contributed by atoms with van der Waals surface area (Å²) in [6.07, 6.45) is 1.74. The summed E-state index contributed by atoms with van der Waals surface area (Å²) in [6, 6.07) is 8.08. The Morgan fingerprint density at radius 2 is 2.00 bits per heavy atom. The first-order chi connectivity index (χ1) is 9.10. The van der Waals surface area contributed by atoms with Crippen LogP contribution < -0.4 is 11.3 Å². The minimum atomic E-state index is -0.381. The summed E-state index contributed by atoms with van der Waals surface area (Å²) in [5, 5.41) is 0.990. The van der Waals surface area contributed by atoms with Crippen molar-refractivity contribution in [2.45, 2.75) is 12.5 Å². The normalized spacial score (nSPS) is 12.4. The van der Waals surface area contributed by atoms with Gasteiger partial charge in [-0.15, -0.1) is 0 Å². The molecule has 1 unspecified atom stereocenters. The maximum absolute atomic E-state index is 12.8. The van der Waals surface area contributed by atoms with E-state index in [1.54, 1.807) is 18.2 Å². The summed E-state index contributed by atoms with van der Waals surface area (Å²) in [5.74, 6) is 5.14. The van der Waals surface area contributed by atoms with Crippen LogP contribution in [0.1, 0.15) is 17.3 Å². The van der Waals surface area contributed by atoms with Crippen LogP contribution in [-0.4, -0.2) is 4.98 Å². The number of nitrogens with zero attached hydrogens (tertiary/aromatic N) is 1. The minimum absolute atomic E-state index is 0.224. The summed E-state index contributed by atoms with van der Waals surface area (Å²) < 4.78 is 12.8. The number of aromatic nitrogens is 1. The Morgan fingerprint density at radius 3 is 2.58 bits per heavy atom. The predicted molar refractivity (Wildman–Crippen MR) is 74.4 cm³/mol. The van der Waals surface area contributed by atoms with Crippen molar-refractivity contribution < 1.29 is 4.39 Å². The zero-order valence-corrected chi connectivity index (χ0v) is 11.4. The SMILES string of the molecule is NNC(Cc1ccc(Cl)c(Cl)c1)c1ccc(F)cn1. The number of nitrogens with two attached hydrogens (primary N) is 1. The molecule has 1 heterocycles. The van der Waals surface area contributed by atoms with Gasteiger partial charge in [0.1, 0.15) is 5.82 Å². The summed E-state index contributed by atoms with van der Waals surface area (Å²) in [5.41, 5.74) is 4.28. The monoisotopic (exact) mass is 299 g/mol. The Morgan fingerprint density at radius 1 is 1.21 bits per heavy atom. The number of halogens is 3. The van der Waals surface area contributed by atoms with Crippen LogP contribution in [0.4, 0.5) is 4.39 Å². The molecule has 3 nitrogen and oxygen atoms in total. The van der Waals surface area contributed by atoms with E-state index in [4.69, 9.17) is 29.0 Å². The highest BCUT2D eigenvalue weighted by Crippen LogP contribution is 2.25. The van der Waals surface area contributed by atoms with E-state index in [1.165, 1.54) is 6.07 Å². The van der Waals surface area contributed by atoms with Crippen molar-refractivity contribution in [3.63, 3.8) is 0 Å². The second-order valence-electron chi connectivity index (χ2n) is 4.07. The van der Waals surface area contributed by atoms with E-state index in [-0.39, 0.29) is 11.9 Å². The maximum Gasteiger partial charge on any atom is 0.141 e. The molecule has 0 radical (unpaired) electrons. The third-order valence-corrected chi connectivity index (χ3v) is 3.47. The van der Waals surface area contributed by atoms with E-state index >= 15 is 0 Å². The third-order valence-electron chi connectivity index (χ3n) is 2.73. The Balaban J connectivity index is 2.18. The molecule has 0 spiro atoms. The summed E-state index contributed by atoms with van der Waals surface area (Å²) >= 11 is 11.8. The summed E-state index contributed by atoms with van der Waals surface area (Å²) in [7, 11) is 0. The van der Waals surface area contributed by atoms with Gasteiger partial charge >= 0.3 is 0 Å². The molecule has 0 aliphatic rings. The van der Waals surface area contributed by atoms with E-state index in [0.717, 1.165) is 11.8 Å². The highest BCUT2D eigenvalue weighted by atomic mass is 35.5. The molecule has 0 fully saturated rings. The number of hydrazine groups is 1. The highest BCUT2D eigenvalue weighted by molar-refractivity contribution is 6.42. The van der Waals surface area contributed by atoms with Crippen molar-refractivity contribution in [1.82, 2.24) is 10.4 Å². The fraction of sp³-hybridized carbons (Fsp3) is 0.154. The van der Waals surface area contributed by atoms with Crippen molar-refractivity contribution in [1.29, 1.82) is 0 Å². The fourth-order valence-electron chi connectivity index (χ4n) is 1.74. The average molecular weight is 300 g/mol. The average Bonchev–Trinajstić information content (AvgIpc) is 2.41. The number of pyridine rings is 1. The lowest BCUT2D eigenvalue weighted by molar-refractivity contribution is 0.533. The molecule has 6 heteroatoms. The van der Waals surface area contributed by atoms with E-state index < -0.39 is 0 Å². The first-order valence-electron chi connectivity index (χ1n) is 5.61. The quantitative estimate of drug-likeness (QED) is 0.673. The smallest absolute Gasteiger partial charge is 0.141 e. The van der Waals surface area contributed by atoms with Gasteiger partial charge in [-0.25, -0.2) is 4.39 Å². The minimum Gasteiger partial charge on any atom is -0.271 e. The molecule has 1 atom stereocenters. The first kappa shape index (κ1) is 14.2. The van der Waals surface area contributed by atoms with Crippen LogP contribution in [-0.2, 0) is 6.42 Å². The van der Waals surface area contributed by atoms with Gasteiger partial charge in [0.15, 0.2) is 0 Å². The van der Waals surface area contributed by atoms with Crippen LogP contribution >= 0.6 is 23.2 Å². The molecule has 0 bridgehead atoms. The van der Waals surface area contributed by atoms with E-state index in [1.807, 2.05) is 6.07 Å². The zero-order chi connectivity index (χ0) is 13.8. The number of nitrogens with one attached hydrogen (secondary N) is 1. The van der Waals surface area contributed by atoms with Crippen LogP contribution in [0.5, 0.6) is 0 Å². The van der Waals surface area contributed by atoms with Gasteiger partial charge in [-0.3, -0.25) is 16.3 Å². The number of hydrogen-bond donors (Lipinski definition) is 2. The second-order valence-corrected chi connectivity index (χ2v) is 4.89. The van der Waals surface area contributed by atoms with Crippen LogP contribution in [0.2, 0.25) is 10.0 Å². The zero-order valence-electron chi connectivity index (χ0n) is 9.91. The van der Waals surface area contributed by atoms with Gasteiger partial charge in [0.25, 0.3) is 0 Å². The summed E-state index contributed by atoms with van der Waals surface area (Å²) in [6.45, 7) is 0. The van der Waals surface area contributed by atoms with Gasteiger partial charge in [0.2, 0.25) is 0 Å². The highest BCUT2D eigenvalue weighted by Gasteiger charge is 2.13. The van der Waals surface area contributed by atoms with Gasteiger partial charge in [-0.1, -0.05) is 29.3 Å². The van der Waals surface area contributed by atoms with Gasteiger partial charge in [0, 0.05) is 0 Å². The van der Waals surface area contributed by atoms with Gasteiger partial charge in [0.05, 0.1) is 28.0 Å². The Labute approximate surface area is 120 Å². The molecule has 2 aromatic rings. The molecule has 0 saturated heterocycles. The summed E-state index contributed by atoms with van der Waals surface area (Å²) in [4.78, 5) is 4.01. The van der Waals surface area contributed by atoms with Crippen molar-refractivity contribution in [2.75, 3.05) is 0 Å². The van der Waals surface area contributed by atoms with E-state index in [2.05, 4.69) is 10.4 Å². The molecule has 3 N–H and O–H groups in total. The lowest BCUT2D eigenvalue weighted by atomic mass is 10.0. The van der Waals surface area contributed by atoms with Gasteiger partial charge in [-0.05, 0) is 36.2 Å². The van der Waals surface area contributed by atoms with Crippen LogP contribution in [0, 0.1) is 5.82 Å². The standard InChI is InChI=1S/C13H12Cl2FN3/c14-10-3-1-8(5-11(10)15)6-13(19-17)12-4-2-9(16)7-18-12/h1-5,7,13,19H,6,17H2. The molecule has 1 aromatic heterocycles. The van der Waals surface area contributed by atoms with Crippen molar-refractivity contribution in [3.05, 3.63) is 63.6 Å². The molecule has 19 heavy (non-hydrogen) atoms. The van der Waals surface area contributed by atoms with E-state index in [9.17, 15) is 4.39 Å². The Hall–Kier alpha value is -1.20. The molecule has 0 amide bonds. The molecule has 100 valence electrons. The van der Waals surface area contributed by atoms with Crippen molar-refractivity contribution >= 4 is 23.2 Å². The van der Waals surface area contributed by atoms with Crippen molar-refractivity contribution in [2.24, 2.45) is 5.84 Å². The van der Waals surface area contributed by atoms with Gasteiger partial charge in [-0.2, -0.15) is 0 Å². The first-order valence-corrected chi connectivity index (χ1v) is 6.37.